The second kappa shape index (κ2) is 6.78. The predicted octanol–water partition coefficient (Wildman–Crippen LogP) is 4.76. The third-order valence-electron chi connectivity index (χ3n) is 3.46. The minimum absolute atomic E-state index is 0.246. The molecule has 2 rings (SSSR count). The maximum Gasteiger partial charge on any atom is 0.119 e. The molecule has 20 heavy (non-hydrogen) atoms. The number of nitrogens with one attached hydrogen (secondary N) is 1. The Labute approximate surface area is 125 Å². The van der Waals surface area contributed by atoms with Crippen LogP contribution in [-0.2, 0) is 0 Å². The lowest BCUT2D eigenvalue weighted by Crippen LogP contribution is -2.22. The van der Waals surface area contributed by atoms with Crippen molar-refractivity contribution in [1.82, 2.24) is 5.32 Å². The standard InChI is InChI=1S/C17H20ClNO/c1-12(14-7-9-16(18)10-8-14)19-13(2)15-5-4-6-17(11-15)20-3/h4-13,19H,1-3H3/t12?,13-/m0/s1. The molecule has 0 aliphatic rings. The van der Waals surface area contributed by atoms with E-state index in [1.807, 2.05) is 24.3 Å². The Hall–Kier alpha value is -1.51. The van der Waals surface area contributed by atoms with E-state index in [1.165, 1.54) is 11.1 Å². The highest BCUT2D eigenvalue weighted by Gasteiger charge is 2.11. The first-order valence-corrected chi connectivity index (χ1v) is 7.13. The van der Waals surface area contributed by atoms with Crippen LogP contribution < -0.4 is 10.1 Å². The van der Waals surface area contributed by atoms with E-state index in [4.69, 9.17) is 16.3 Å². The monoisotopic (exact) mass is 289 g/mol. The average Bonchev–Trinajstić information content (AvgIpc) is 2.47. The van der Waals surface area contributed by atoms with E-state index in [0.717, 1.165) is 10.8 Å². The zero-order chi connectivity index (χ0) is 14.5. The Morgan fingerprint density at radius 1 is 0.950 bits per heavy atom. The van der Waals surface area contributed by atoms with Gasteiger partial charge in [0, 0.05) is 17.1 Å². The van der Waals surface area contributed by atoms with Crippen molar-refractivity contribution < 1.29 is 4.74 Å². The van der Waals surface area contributed by atoms with Gasteiger partial charge in [0.15, 0.2) is 0 Å². The highest BCUT2D eigenvalue weighted by Crippen LogP contribution is 2.23. The van der Waals surface area contributed by atoms with Gasteiger partial charge in [0.1, 0.15) is 5.75 Å². The Kier molecular flexibility index (Phi) is 5.05. The van der Waals surface area contributed by atoms with Crippen molar-refractivity contribution in [3.8, 4) is 5.75 Å². The lowest BCUT2D eigenvalue weighted by molar-refractivity contribution is 0.412. The lowest BCUT2D eigenvalue weighted by Gasteiger charge is -2.21. The number of benzene rings is 2. The molecule has 0 aromatic heterocycles. The van der Waals surface area contributed by atoms with Crippen LogP contribution in [0.25, 0.3) is 0 Å². The maximum absolute atomic E-state index is 5.92. The summed E-state index contributed by atoms with van der Waals surface area (Å²) in [5.41, 5.74) is 2.44. The number of ether oxygens (including phenoxy) is 1. The third-order valence-corrected chi connectivity index (χ3v) is 3.72. The number of methoxy groups -OCH3 is 1. The zero-order valence-electron chi connectivity index (χ0n) is 12.1. The molecule has 0 radical (unpaired) electrons. The minimum Gasteiger partial charge on any atom is -0.497 e. The molecule has 2 nitrogen and oxygen atoms in total. The van der Waals surface area contributed by atoms with Gasteiger partial charge in [0.2, 0.25) is 0 Å². The summed E-state index contributed by atoms with van der Waals surface area (Å²) in [6.45, 7) is 4.31. The van der Waals surface area contributed by atoms with E-state index in [0.29, 0.717) is 0 Å². The van der Waals surface area contributed by atoms with Gasteiger partial charge < -0.3 is 10.1 Å². The van der Waals surface area contributed by atoms with Gasteiger partial charge in [0.05, 0.1) is 7.11 Å². The molecule has 1 N–H and O–H groups in total. The van der Waals surface area contributed by atoms with Crippen molar-refractivity contribution in [2.45, 2.75) is 25.9 Å². The van der Waals surface area contributed by atoms with Crippen LogP contribution >= 0.6 is 11.6 Å². The fraction of sp³-hybridized carbons (Fsp3) is 0.294. The SMILES string of the molecule is COc1cccc([C@H](C)NC(C)c2ccc(Cl)cc2)c1. The quantitative estimate of drug-likeness (QED) is 0.857. The van der Waals surface area contributed by atoms with Crippen molar-refractivity contribution in [1.29, 1.82) is 0 Å². The second-order valence-corrected chi connectivity index (χ2v) is 5.37. The molecular formula is C17H20ClNO. The molecule has 0 saturated heterocycles. The van der Waals surface area contributed by atoms with Gasteiger partial charge in [-0.2, -0.15) is 0 Å². The highest BCUT2D eigenvalue weighted by atomic mass is 35.5. The van der Waals surface area contributed by atoms with E-state index in [2.05, 4.69) is 43.4 Å². The molecule has 0 spiro atoms. The summed E-state index contributed by atoms with van der Waals surface area (Å²) in [6.07, 6.45) is 0. The summed E-state index contributed by atoms with van der Waals surface area (Å²) in [5.74, 6) is 0.885. The molecule has 0 bridgehead atoms. The van der Waals surface area contributed by atoms with Crippen LogP contribution in [0.15, 0.2) is 48.5 Å². The van der Waals surface area contributed by atoms with E-state index in [9.17, 15) is 0 Å². The van der Waals surface area contributed by atoms with Crippen LogP contribution in [0.4, 0.5) is 0 Å². The number of hydrogen-bond acceptors (Lipinski definition) is 2. The van der Waals surface area contributed by atoms with Crippen molar-refractivity contribution >= 4 is 11.6 Å². The molecule has 3 heteroatoms. The van der Waals surface area contributed by atoms with Crippen LogP contribution in [0.2, 0.25) is 5.02 Å². The molecule has 0 saturated carbocycles. The van der Waals surface area contributed by atoms with Crippen molar-refractivity contribution in [2.24, 2.45) is 0 Å². The van der Waals surface area contributed by atoms with Crippen LogP contribution in [-0.4, -0.2) is 7.11 Å². The second-order valence-electron chi connectivity index (χ2n) is 4.94. The molecule has 1 unspecified atom stereocenters. The molecule has 0 aliphatic heterocycles. The molecule has 2 aromatic carbocycles. The third kappa shape index (κ3) is 3.75. The molecular weight excluding hydrogens is 270 g/mol. The van der Waals surface area contributed by atoms with E-state index in [1.54, 1.807) is 7.11 Å². The Balaban J connectivity index is 2.06. The van der Waals surface area contributed by atoms with E-state index < -0.39 is 0 Å². The van der Waals surface area contributed by atoms with Gasteiger partial charge in [-0.05, 0) is 49.2 Å². The summed E-state index contributed by atoms with van der Waals surface area (Å²) < 4.78 is 5.27. The smallest absolute Gasteiger partial charge is 0.119 e. The molecule has 2 atom stereocenters. The summed E-state index contributed by atoms with van der Waals surface area (Å²) >= 11 is 5.92. The normalized spacial score (nSPS) is 13.8. The van der Waals surface area contributed by atoms with Gasteiger partial charge in [0.25, 0.3) is 0 Å². The topological polar surface area (TPSA) is 21.3 Å². The molecule has 0 heterocycles. The fourth-order valence-corrected chi connectivity index (χ4v) is 2.36. The maximum atomic E-state index is 5.92. The molecule has 0 amide bonds. The Bertz CT molecular complexity index is 553. The number of hydrogen-bond donors (Lipinski definition) is 1. The summed E-state index contributed by atoms with van der Waals surface area (Å²) in [7, 11) is 1.69. The minimum atomic E-state index is 0.246. The zero-order valence-corrected chi connectivity index (χ0v) is 12.8. The highest BCUT2D eigenvalue weighted by molar-refractivity contribution is 6.30. The van der Waals surface area contributed by atoms with E-state index >= 15 is 0 Å². The van der Waals surface area contributed by atoms with Gasteiger partial charge in [-0.15, -0.1) is 0 Å². The van der Waals surface area contributed by atoms with Gasteiger partial charge >= 0.3 is 0 Å². The van der Waals surface area contributed by atoms with E-state index in [-0.39, 0.29) is 12.1 Å². The summed E-state index contributed by atoms with van der Waals surface area (Å²) in [4.78, 5) is 0. The van der Waals surface area contributed by atoms with Gasteiger partial charge in [-0.25, -0.2) is 0 Å². The first-order valence-electron chi connectivity index (χ1n) is 6.75. The van der Waals surface area contributed by atoms with Crippen molar-refractivity contribution in [2.75, 3.05) is 7.11 Å². The fourth-order valence-electron chi connectivity index (χ4n) is 2.23. The first kappa shape index (κ1) is 14.9. The van der Waals surface area contributed by atoms with Crippen molar-refractivity contribution in [3.63, 3.8) is 0 Å². The van der Waals surface area contributed by atoms with Crippen LogP contribution in [0.1, 0.15) is 37.1 Å². The molecule has 2 aromatic rings. The Morgan fingerprint density at radius 3 is 2.25 bits per heavy atom. The summed E-state index contributed by atoms with van der Waals surface area (Å²) in [5, 5.41) is 4.35. The molecule has 106 valence electrons. The van der Waals surface area contributed by atoms with Crippen LogP contribution in [0.3, 0.4) is 0 Å². The Morgan fingerprint density at radius 2 is 1.60 bits per heavy atom. The number of halogens is 1. The van der Waals surface area contributed by atoms with Gasteiger partial charge in [-0.3, -0.25) is 0 Å². The average molecular weight is 290 g/mol. The summed E-state index contributed by atoms with van der Waals surface area (Å²) in [6, 6.07) is 16.6. The first-order chi connectivity index (χ1) is 9.60. The van der Waals surface area contributed by atoms with Gasteiger partial charge in [-0.1, -0.05) is 35.9 Å². The van der Waals surface area contributed by atoms with Crippen LogP contribution in [0, 0.1) is 0 Å². The van der Waals surface area contributed by atoms with Crippen LogP contribution in [0.5, 0.6) is 5.75 Å². The van der Waals surface area contributed by atoms with Crippen molar-refractivity contribution in [3.05, 3.63) is 64.7 Å². The number of rotatable bonds is 5. The molecule has 0 fully saturated rings. The lowest BCUT2D eigenvalue weighted by atomic mass is 10.0. The predicted molar refractivity (Wildman–Crippen MR) is 84.4 cm³/mol. The largest absolute Gasteiger partial charge is 0.497 e. The molecule has 0 aliphatic carbocycles.